The Bertz CT molecular complexity index is 2670. The fourth-order valence-corrected chi connectivity index (χ4v) is 7.17. The Balaban J connectivity index is 1.33. The monoisotopic (exact) mass is 575 g/mol. The van der Waals surface area contributed by atoms with Crippen LogP contribution < -0.4 is 4.90 Å². The van der Waals surface area contributed by atoms with Crippen molar-refractivity contribution in [2.75, 3.05) is 4.90 Å². The van der Waals surface area contributed by atoms with Crippen molar-refractivity contribution in [3.8, 4) is 0 Å². The average Bonchev–Trinajstić information content (AvgIpc) is 3.65. The molecule has 10 aromatic rings. The second-order valence-corrected chi connectivity index (χ2v) is 11.7. The van der Waals surface area contributed by atoms with Gasteiger partial charge in [0, 0.05) is 50.4 Å². The van der Waals surface area contributed by atoms with Crippen LogP contribution in [0.2, 0.25) is 0 Å². The van der Waals surface area contributed by atoms with Gasteiger partial charge < -0.3 is 13.7 Å². The summed E-state index contributed by atoms with van der Waals surface area (Å²) in [5, 5.41) is 11.7. The molecule has 3 heteroatoms. The molecule has 0 spiro atoms. The summed E-state index contributed by atoms with van der Waals surface area (Å²) in [5.74, 6) is 0. The van der Waals surface area contributed by atoms with E-state index in [2.05, 4.69) is 132 Å². The Morgan fingerprint density at radius 1 is 0.333 bits per heavy atom. The summed E-state index contributed by atoms with van der Waals surface area (Å²) >= 11 is 0. The second kappa shape index (κ2) is 9.22. The van der Waals surface area contributed by atoms with Crippen LogP contribution in [0.1, 0.15) is 0 Å². The Labute approximate surface area is 258 Å². The second-order valence-electron chi connectivity index (χ2n) is 11.7. The third-order valence-electron chi connectivity index (χ3n) is 9.21. The maximum atomic E-state index is 6.41. The lowest BCUT2D eigenvalue weighted by atomic mass is 9.94. The number of para-hydroxylation sites is 2. The van der Waals surface area contributed by atoms with Crippen LogP contribution in [0.5, 0.6) is 0 Å². The fourth-order valence-electron chi connectivity index (χ4n) is 7.17. The molecule has 0 saturated carbocycles. The SMILES string of the molecule is c1ccc2c(c1)cc(N(c1ccc3c(c1)oc1ccccc13)c1ccc3c(c1)oc1ccccc13)c1c3ccccc3ccc21. The molecule has 2 aromatic heterocycles. The lowest BCUT2D eigenvalue weighted by Crippen LogP contribution is -2.10. The van der Waals surface area contributed by atoms with E-state index in [9.17, 15) is 0 Å². The average molecular weight is 576 g/mol. The van der Waals surface area contributed by atoms with Crippen LogP contribution in [0, 0.1) is 0 Å². The highest BCUT2D eigenvalue weighted by molar-refractivity contribution is 6.24. The van der Waals surface area contributed by atoms with Gasteiger partial charge in [-0.2, -0.15) is 0 Å². The number of hydrogen-bond acceptors (Lipinski definition) is 3. The van der Waals surface area contributed by atoms with Gasteiger partial charge in [-0.25, -0.2) is 0 Å². The minimum atomic E-state index is 0.860. The molecular formula is C42H25NO2. The molecule has 0 aliphatic carbocycles. The van der Waals surface area contributed by atoms with Crippen molar-refractivity contribution < 1.29 is 8.83 Å². The summed E-state index contributed by atoms with van der Waals surface area (Å²) in [6.45, 7) is 0. The van der Waals surface area contributed by atoms with E-state index < -0.39 is 0 Å². The zero-order valence-corrected chi connectivity index (χ0v) is 24.2. The van der Waals surface area contributed by atoms with Crippen LogP contribution >= 0.6 is 0 Å². The summed E-state index contributed by atoms with van der Waals surface area (Å²) in [6, 6.07) is 53.8. The summed E-state index contributed by atoms with van der Waals surface area (Å²) in [5.41, 5.74) is 6.63. The van der Waals surface area contributed by atoms with Crippen molar-refractivity contribution >= 4 is 93.3 Å². The van der Waals surface area contributed by atoms with E-state index in [1.54, 1.807) is 0 Å². The van der Waals surface area contributed by atoms with Crippen LogP contribution in [0.3, 0.4) is 0 Å². The number of nitrogens with zero attached hydrogens (tertiary/aromatic N) is 1. The van der Waals surface area contributed by atoms with Crippen molar-refractivity contribution in [2.24, 2.45) is 0 Å². The first kappa shape index (κ1) is 24.4. The third kappa shape index (κ3) is 3.58. The molecule has 8 aromatic carbocycles. The van der Waals surface area contributed by atoms with Gasteiger partial charge in [0.05, 0.1) is 5.69 Å². The van der Waals surface area contributed by atoms with E-state index in [4.69, 9.17) is 8.83 Å². The van der Waals surface area contributed by atoms with Gasteiger partial charge in [0.1, 0.15) is 22.3 Å². The highest BCUT2D eigenvalue weighted by Gasteiger charge is 2.21. The predicted octanol–water partition coefficient (Wildman–Crippen LogP) is 12.4. The number of hydrogen-bond donors (Lipinski definition) is 0. The molecule has 2 heterocycles. The molecule has 0 bridgehead atoms. The molecule has 10 rings (SSSR count). The fraction of sp³-hybridized carbons (Fsp3) is 0. The number of benzene rings is 8. The van der Waals surface area contributed by atoms with Gasteiger partial charge in [0.15, 0.2) is 0 Å². The molecule has 3 nitrogen and oxygen atoms in total. The van der Waals surface area contributed by atoms with Crippen molar-refractivity contribution in [1.82, 2.24) is 0 Å². The molecule has 0 amide bonds. The zero-order valence-electron chi connectivity index (χ0n) is 24.2. The maximum Gasteiger partial charge on any atom is 0.137 e. The van der Waals surface area contributed by atoms with Crippen LogP contribution in [0.4, 0.5) is 17.1 Å². The summed E-state index contributed by atoms with van der Waals surface area (Å²) in [7, 11) is 0. The largest absolute Gasteiger partial charge is 0.456 e. The molecule has 0 N–H and O–H groups in total. The van der Waals surface area contributed by atoms with E-state index in [0.29, 0.717) is 0 Å². The molecule has 0 saturated heterocycles. The molecule has 210 valence electrons. The number of fused-ring (bicyclic) bond motifs is 11. The molecule has 0 aliphatic rings. The molecule has 0 radical (unpaired) electrons. The lowest BCUT2D eigenvalue weighted by molar-refractivity contribution is 0.669. The molecule has 0 aliphatic heterocycles. The van der Waals surface area contributed by atoms with E-state index in [-0.39, 0.29) is 0 Å². The van der Waals surface area contributed by atoms with Crippen LogP contribution in [-0.4, -0.2) is 0 Å². The summed E-state index contributed by atoms with van der Waals surface area (Å²) in [6.07, 6.45) is 0. The van der Waals surface area contributed by atoms with Gasteiger partial charge >= 0.3 is 0 Å². The number of rotatable bonds is 3. The zero-order chi connectivity index (χ0) is 29.5. The van der Waals surface area contributed by atoms with Gasteiger partial charge in [0.25, 0.3) is 0 Å². The predicted molar refractivity (Wildman–Crippen MR) is 188 cm³/mol. The molecule has 0 unspecified atom stereocenters. The number of anilines is 3. The minimum Gasteiger partial charge on any atom is -0.456 e. The standard InChI is InChI=1S/C42H25NO2/c1-4-12-31-26(9-1)17-20-36-30-11-3-2-10-27(30)23-37(42(31)36)43(28-18-21-34-32-13-5-7-15-38(32)44-40(34)24-28)29-19-22-35-33-14-6-8-16-39(33)45-41(35)25-29/h1-25H. The van der Waals surface area contributed by atoms with E-state index in [1.807, 2.05) is 24.3 Å². The van der Waals surface area contributed by atoms with Crippen molar-refractivity contribution in [3.63, 3.8) is 0 Å². The van der Waals surface area contributed by atoms with Crippen molar-refractivity contribution in [3.05, 3.63) is 152 Å². The van der Waals surface area contributed by atoms with Gasteiger partial charge in [-0.15, -0.1) is 0 Å². The van der Waals surface area contributed by atoms with Crippen molar-refractivity contribution in [1.29, 1.82) is 0 Å². The third-order valence-corrected chi connectivity index (χ3v) is 9.21. The van der Waals surface area contributed by atoms with E-state index in [1.165, 1.54) is 32.3 Å². The minimum absolute atomic E-state index is 0.860. The molecule has 0 atom stereocenters. The Kier molecular flexibility index (Phi) is 5.00. The van der Waals surface area contributed by atoms with E-state index in [0.717, 1.165) is 60.9 Å². The van der Waals surface area contributed by atoms with Crippen LogP contribution in [-0.2, 0) is 0 Å². The quantitative estimate of drug-likeness (QED) is 0.196. The Morgan fingerprint density at radius 2 is 0.822 bits per heavy atom. The normalized spacial score (nSPS) is 12.0. The first-order chi connectivity index (χ1) is 22.3. The Morgan fingerprint density at radius 3 is 1.47 bits per heavy atom. The first-order valence-electron chi connectivity index (χ1n) is 15.3. The van der Waals surface area contributed by atoms with Gasteiger partial charge in [-0.3, -0.25) is 0 Å². The maximum absolute atomic E-state index is 6.41. The van der Waals surface area contributed by atoms with Crippen LogP contribution in [0.15, 0.2) is 160 Å². The molecule has 0 fully saturated rings. The van der Waals surface area contributed by atoms with Gasteiger partial charge in [0.2, 0.25) is 0 Å². The highest BCUT2D eigenvalue weighted by Crippen LogP contribution is 2.46. The van der Waals surface area contributed by atoms with Crippen molar-refractivity contribution in [2.45, 2.75) is 0 Å². The van der Waals surface area contributed by atoms with Gasteiger partial charge in [-0.05, 0) is 69.4 Å². The van der Waals surface area contributed by atoms with E-state index >= 15 is 0 Å². The lowest BCUT2D eigenvalue weighted by Gasteiger charge is -2.28. The Hall–Kier alpha value is -6.06. The summed E-state index contributed by atoms with van der Waals surface area (Å²) < 4.78 is 12.8. The van der Waals surface area contributed by atoms with Crippen LogP contribution in [0.25, 0.3) is 76.2 Å². The topological polar surface area (TPSA) is 29.5 Å². The molecule has 45 heavy (non-hydrogen) atoms. The first-order valence-corrected chi connectivity index (χ1v) is 15.3. The molecular weight excluding hydrogens is 550 g/mol. The highest BCUT2D eigenvalue weighted by atomic mass is 16.3. The summed E-state index contributed by atoms with van der Waals surface area (Å²) in [4.78, 5) is 2.36. The van der Waals surface area contributed by atoms with Gasteiger partial charge in [-0.1, -0.05) is 97.1 Å². The smallest absolute Gasteiger partial charge is 0.137 e. The number of furan rings is 2.